The number of benzene rings is 3. The smallest absolute Gasteiger partial charge is 0.161 e. The SMILES string of the molecule is COc1cc(C=Nc2cccc(C)c2C)ccc1OCc1ccc(Br)cc1. The van der Waals surface area contributed by atoms with Gasteiger partial charge in [0.25, 0.3) is 0 Å². The second-order valence-corrected chi connectivity index (χ2v) is 7.22. The topological polar surface area (TPSA) is 30.8 Å². The summed E-state index contributed by atoms with van der Waals surface area (Å²) >= 11 is 3.44. The third-order valence-electron chi connectivity index (χ3n) is 4.42. The highest BCUT2D eigenvalue weighted by Gasteiger charge is 2.06. The van der Waals surface area contributed by atoms with Crippen molar-refractivity contribution < 1.29 is 9.47 Å². The van der Waals surface area contributed by atoms with Gasteiger partial charge in [0.15, 0.2) is 11.5 Å². The van der Waals surface area contributed by atoms with Gasteiger partial charge in [0.1, 0.15) is 6.61 Å². The zero-order valence-electron chi connectivity index (χ0n) is 15.7. The minimum atomic E-state index is 0.486. The van der Waals surface area contributed by atoms with Crippen LogP contribution in [0.3, 0.4) is 0 Å². The highest BCUT2D eigenvalue weighted by atomic mass is 79.9. The molecule has 0 fully saturated rings. The van der Waals surface area contributed by atoms with E-state index in [0.29, 0.717) is 18.1 Å². The molecule has 0 bridgehead atoms. The van der Waals surface area contributed by atoms with E-state index < -0.39 is 0 Å². The Labute approximate surface area is 168 Å². The molecule has 4 heteroatoms. The van der Waals surface area contributed by atoms with Gasteiger partial charge >= 0.3 is 0 Å². The van der Waals surface area contributed by atoms with Gasteiger partial charge in [0.2, 0.25) is 0 Å². The standard InChI is InChI=1S/C23H22BrNO2/c1-16-5-4-6-21(17(16)2)25-14-19-9-12-22(23(13-19)26-3)27-15-18-7-10-20(24)11-8-18/h4-14H,15H2,1-3H3. The molecule has 138 valence electrons. The third-order valence-corrected chi connectivity index (χ3v) is 4.95. The first kappa shape index (κ1) is 19.2. The Morgan fingerprint density at radius 3 is 2.48 bits per heavy atom. The molecular weight excluding hydrogens is 402 g/mol. The van der Waals surface area contributed by atoms with Crippen molar-refractivity contribution >= 4 is 27.8 Å². The second kappa shape index (κ2) is 8.87. The van der Waals surface area contributed by atoms with Gasteiger partial charge in [-0.25, -0.2) is 0 Å². The van der Waals surface area contributed by atoms with E-state index in [1.807, 2.05) is 60.8 Å². The molecule has 0 heterocycles. The lowest BCUT2D eigenvalue weighted by Crippen LogP contribution is -1.98. The maximum atomic E-state index is 5.92. The molecule has 3 rings (SSSR count). The van der Waals surface area contributed by atoms with Crippen LogP contribution in [0, 0.1) is 13.8 Å². The van der Waals surface area contributed by atoms with Crippen LogP contribution in [0.15, 0.2) is 70.1 Å². The van der Waals surface area contributed by atoms with Gasteiger partial charge in [-0.3, -0.25) is 4.99 Å². The van der Waals surface area contributed by atoms with Crippen LogP contribution in [0.25, 0.3) is 0 Å². The molecule has 0 saturated carbocycles. The summed E-state index contributed by atoms with van der Waals surface area (Å²) in [6.07, 6.45) is 1.85. The van der Waals surface area contributed by atoms with E-state index >= 15 is 0 Å². The first-order valence-electron chi connectivity index (χ1n) is 8.72. The number of methoxy groups -OCH3 is 1. The van der Waals surface area contributed by atoms with Crippen LogP contribution in [0.2, 0.25) is 0 Å². The molecule has 0 unspecified atom stereocenters. The van der Waals surface area contributed by atoms with Crippen molar-refractivity contribution in [3.63, 3.8) is 0 Å². The number of halogens is 1. The fraction of sp³-hybridized carbons (Fsp3) is 0.174. The van der Waals surface area contributed by atoms with Crippen LogP contribution in [-0.4, -0.2) is 13.3 Å². The van der Waals surface area contributed by atoms with Gasteiger partial charge in [0, 0.05) is 10.7 Å². The first-order chi connectivity index (χ1) is 13.1. The lowest BCUT2D eigenvalue weighted by atomic mass is 10.1. The Balaban J connectivity index is 1.74. The maximum absolute atomic E-state index is 5.92. The summed E-state index contributed by atoms with van der Waals surface area (Å²) < 4.78 is 12.5. The predicted octanol–water partition coefficient (Wildman–Crippen LogP) is 6.40. The third kappa shape index (κ3) is 4.98. The minimum absolute atomic E-state index is 0.486. The fourth-order valence-electron chi connectivity index (χ4n) is 2.64. The molecule has 0 aliphatic rings. The largest absolute Gasteiger partial charge is 0.493 e. The van der Waals surface area contributed by atoms with E-state index in [1.54, 1.807) is 7.11 Å². The van der Waals surface area contributed by atoms with E-state index in [2.05, 4.69) is 40.8 Å². The van der Waals surface area contributed by atoms with Crippen LogP contribution >= 0.6 is 15.9 Å². The molecule has 0 radical (unpaired) electrons. The number of hydrogen-bond donors (Lipinski definition) is 0. The van der Waals surface area contributed by atoms with E-state index in [0.717, 1.165) is 21.3 Å². The maximum Gasteiger partial charge on any atom is 0.161 e. The normalized spacial score (nSPS) is 11.0. The van der Waals surface area contributed by atoms with Crippen LogP contribution < -0.4 is 9.47 Å². The van der Waals surface area contributed by atoms with Crippen molar-refractivity contribution in [3.05, 3.63) is 87.4 Å². The van der Waals surface area contributed by atoms with Gasteiger partial charge in [-0.15, -0.1) is 0 Å². The second-order valence-electron chi connectivity index (χ2n) is 6.30. The molecule has 0 aliphatic heterocycles. The van der Waals surface area contributed by atoms with E-state index in [4.69, 9.17) is 9.47 Å². The van der Waals surface area contributed by atoms with Gasteiger partial charge in [-0.05, 0) is 72.5 Å². The van der Waals surface area contributed by atoms with Crippen molar-refractivity contribution in [1.82, 2.24) is 0 Å². The van der Waals surface area contributed by atoms with Crippen LogP contribution in [-0.2, 0) is 6.61 Å². The summed E-state index contributed by atoms with van der Waals surface area (Å²) in [7, 11) is 1.65. The Morgan fingerprint density at radius 2 is 1.74 bits per heavy atom. The van der Waals surface area contributed by atoms with Crippen molar-refractivity contribution in [2.75, 3.05) is 7.11 Å². The van der Waals surface area contributed by atoms with Crippen molar-refractivity contribution in [2.45, 2.75) is 20.5 Å². The molecule has 0 aromatic heterocycles. The summed E-state index contributed by atoms with van der Waals surface area (Å²) in [6, 6.07) is 20.0. The average molecular weight is 424 g/mol. The number of rotatable bonds is 6. The summed E-state index contributed by atoms with van der Waals surface area (Å²) in [6.45, 7) is 4.66. The van der Waals surface area contributed by atoms with Gasteiger partial charge in [-0.2, -0.15) is 0 Å². The molecule has 0 aliphatic carbocycles. The summed E-state index contributed by atoms with van der Waals surface area (Å²) in [5.41, 5.74) is 5.46. The Morgan fingerprint density at radius 1 is 0.963 bits per heavy atom. The van der Waals surface area contributed by atoms with Crippen molar-refractivity contribution in [3.8, 4) is 11.5 Å². The average Bonchev–Trinajstić information content (AvgIpc) is 2.69. The Hall–Kier alpha value is -2.59. The van der Waals surface area contributed by atoms with Crippen LogP contribution in [0.1, 0.15) is 22.3 Å². The first-order valence-corrected chi connectivity index (χ1v) is 9.51. The molecule has 3 aromatic carbocycles. The molecule has 3 aromatic rings. The number of ether oxygens (including phenoxy) is 2. The number of hydrogen-bond acceptors (Lipinski definition) is 3. The lowest BCUT2D eigenvalue weighted by molar-refractivity contribution is 0.284. The molecule has 27 heavy (non-hydrogen) atoms. The molecule has 0 spiro atoms. The fourth-order valence-corrected chi connectivity index (χ4v) is 2.91. The van der Waals surface area contributed by atoms with Gasteiger partial charge < -0.3 is 9.47 Å². The van der Waals surface area contributed by atoms with Crippen molar-refractivity contribution in [1.29, 1.82) is 0 Å². The summed E-state index contributed by atoms with van der Waals surface area (Å²) in [4.78, 5) is 4.62. The predicted molar refractivity (Wildman–Crippen MR) is 115 cm³/mol. The van der Waals surface area contributed by atoms with Crippen LogP contribution in [0.5, 0.6) is 11.5 Å². The minimum Gasteiger partial charge on any atom is -0.493 e. The quantitative estimate of drug-likeness (QED) is 0.429. The molecular formula is C23H22BrNO2. The number of aliphatic imine (C=N–C) groups is 1. The molecule has 0 atom stereocenters. The lowest BCUT2D eigenvalue weighted by Gasteiger charge is -2.11. The zero-order chi connectivity index (χ0) is 19.2. The molecule has 0 amide bonds. The van der Waals surface area contributed by atoms with Gasteiger partial charge in [-0.1, -0.05) is 40.2 Å². The van der Waals surface area contributed by atoms with Gasteiger partial charge in [0.05, 0.1) is 12.8 Å². The number of aryl methyl sites for hydroxylation is 1. The monoisotopic (exact) mass is 423 g/mol. The Kier molecular flexibility index (Phi) is 6.30. The van der Waals surface area contributed by atoms with E-state index in [9.17, 15) is 0 Å². The molecule has 3 nitrogen and oxygen atoms in total. The highest BCUT2D eigenvalue weighted by molar-refractivity contribution is 9.10. The highest BCUT2D eigenvalue weighted by Crippen LogP contribution is 2.29. The summed E-state index contributed by atoms with van der Waals surface area (Å²) in [5.74, 6) is 1.40. The summed E-state index contributed by atoms with van der Waals surface area (Å²) in [5, 5.41) is 0. The van der Waals surface area contributed by atoms with E-state index in [-0.39, 0.29) is 0 Å². The number of nitrogens with zero attached hydrogens (tertiary/aromatic N) is 1. The molecule has 0 N–H and O–H groups in total. The van der Waals surface area contributed by atoms with Crippen LogP contribution in [0.4, 0.5) is 5.69 Å². The van der Waals surface area contributed by atoms with Crippen molar-refractivity contribution in [2.24, 2.45) is 4.99 Å². The Bertz CT molecular complexity index is 949. The zero-order valence-corrected chi connectivity index (χ0v) is 17.3. The van der Waals surface area contributed by atoms with E-state index in [1.165, 1.54) is 11.1 Å². The molecule has 0 saturated heterocycles.